The van der Waals surface area contributed by atoms with Crippen LogP contribution in [0.1, 0.15) is 17.0 Å². The molecule has 2 aromatic carbocycles. The number of imidazole rings is 1. The van der Waals surface area contributed by atoms with E-state index in [-0.39, 0.29) is 0 Å². The SMILES string of the molecule is N#Cc1cc(Cl)ccc1NCCc1nccn1Cc1ccccc1. The third kappa shape index (κ3) is 3.95. The van der Waals surface area contributed by atoms with Crippen LogP contribution < -0.4 is 5.32 Å². The number of aromatic nitrogens is 2. The van der Waals surface area contributed by atoms with Gasteiger partial charge < -0.3 is 9.88 Å². The number of nitrogens with one attached hydrogen (secondary N) is 1. The molecule has 0 spiro atoms. The molecular formula is C19H17ClN4. The third-order valence-corrected chi connectivity index (χ3v) is 4.00. The Morgan fingerprint density at radius 1 is 1.17 bits per heavy atom. The van der Waals surface area contributed by atoms with Crippen molar-refractivity contribution in [2.45, 2.75) is 13.0 Å². The molecule has 1 N–H and O–H groups in total. The predicted octanol–water partition coefficient (Wildman–Crippen LogP) is 4.11. The molecule has 3 aromatic rings. The summed E-state index contributed by atoms with van der Waals surface area (Å²) < 4.78 is 2.14. The van der Waals surface area contributed by atoms with Crippen molar-refractivity contribution in [1.29, 1.82) is 5.26 Å². The number of halogens is 1. The smallest absolute Gasteiger partial charge is 0.110 e. The summed E-state index contributed by atoms with van der Waals surface area (Å²) in [7, 11) is 0. The standard InChI is InChI=1S/C19H17ClN4/c20-17-6-7-18(16(12-17)13-21)22-9-8-19-23-10-11-24(19)14-15-4-2-1-3-5-15/h1-7,10-12,22H,8-9,14H2. The van der Waals surface area contributed by atoms with Gasteiger partial charge in [0.1, 0.15) is 11.9 Å². The Kier molecular flexibility index (Phi) is 5.15. The molecule has 0 fully saturated rings. The molecule has 0 aliphatic heterocycles. The highest BCUT2D eigenvalue weighted by Gasteiger charge is 2.06. The Hall–Kier alpha value is -2.77. The van der Waals surface area contributed by atoms with Gasteiger partial charge >= 0.3 is 0 Å². The van der Waals surface area contributed by atoms with Gasteiger partial charge in [-0.25, -0.2) is 4.98 Å². The number of hydrogen-bond donors (Lipinski definition) is 1. The Morgan fingerprint density at radius 3 is 2.79 bits per heavy atom. The molecule has 0 aliphatic rings. The zero-order valence-electron chi connectivity index (χ0n) is 13.1. The van der Waals surface area contributed by atoms with Crippen molar-refractivity contribution in [2.24, 2.45) is 0 Å². The van der Waals surface area contributed by atoms with Crippen LogP contribution in [0.15, 0.2) is 60.9 Å². The molecule has 0 saturated carbocycles. The fourth-order valence-corrected chi connectivity index (χ4v) is 2.74. The largest absolute Gasteiger partial charge is 0.384 e. The summed E-state index contributed by atoms with van der Waals surface area (Å²) in [6.45, 7) is 1.50. The predicted molar refractivity (Wildman–Crippen MR) is 96.1 cm³/mol. The Bertz CT molecular complexity index is 849. The molecule has 0 radical (unpaired) electrons. The zero-order chi connectivity index (χ0) is 16.8. The van der Waals surface area contributed by atoms with Gasteiger partial charge in [-0.1, -0.05) is 41.9 Å². The van der Waals surface area contributed by atoms with Crippen molar-refractivity contribution in [2.75, 3.05) is 11.9 Å². The van der Waals surface area contributed by atoms with Gasteiger partial charge in [-0.3, -0.25) is 0 Å². The van der Waals surface area contributed by atoms with E-state index >= 15 is 0 Å². The molecule has 0 amide bonds. The van der Waals surface area contributed by atoms with Crippen molar-refractivity contribution < 1.29 is 0 Å². The van der Waals surface area contributed by atoms with Crippen LogP contribution in [0.2, 0.25) is 5.02 Å². The maximum Gasteiger partial charge on any atom is 0.110 e. The van der Waals surface area contributed by atoms with Gasteiger partial charge in [-0.05, 0) is 23.8 Å². The van der Waals surface area contributed by atoms with Crippen LogP contribution in [-0.4, -0.2) is 16.1 Å². The highest BCUT2D eigenvalue weighted by molar-refractivity contribution is 6.30. The Labute approximate surface area is 146 Å². The van der Waals surface area contributed by atoms with Crippen LogP contribution in [0.3, 0.4) is 0 Å². The molecule has 0 saturated heterocycles. The lowest BCUT2D eigenvalue weighted by molar-refractivity contribution is 0.723. The van der Waals surface area contributed by atoms with Crippen molar-refractivity contribution in [1.82, 2.24) is 9.55 Å². The maximum atomic E-state index is 9.17. The Balaban J connectivity index is 1.62. The van der Waals surface area contributed by atoms with Crippen molar-refractivity contribution in [3.63, 3.8) is 0 Å². The van der Waals surface area contributed by atoms with Gasteiger partial charge in [0.2, 0.25) is 0 Å². The summed E-state index contributed by atoms with van der Waals surface area (Å²) in [5.74, 6) is 1.01. The van der Waals surface area contributed by atoms with Crippen LogP contribution in [0.25, 0.3) is 0 Å². The van der Waals surface area contributed by atoms with Crippen LogP contribution >= 0.6 is 11.6 Å². The summed E-state index contributed by atoms with van der Waals surface area (Å²) >= 11 is 5.92. The number of rotatable bonds is 6. The van der Waals surface area contributed by atoms with E-state index in [4.69, 9.17) is 16.9 Å². The van der Waals surface area contributed by atoms with Crippen LogP contribution in [0.4, 0.5) is 5.69 Å². The Morgan fingerprint density at radius 2 is 2.00 bits per heavy atom. The van der Waals surface area contributed by atoms with Crippen LogP contribution in [0.5, 0.6) is 0 Å². The van der Waals surface area contributed by atoms with Gasteiger partial charge in [0, 0.05) is 36.9 Å². The van der Waals surface area contributed by atoms with E-state index in [1.165, 1.54) is 5.56 Å². The molecule has 0 atom stereocenters. The zero-order valence-corrected chi connectivity index (χ0v) is 13.9. The lowest BCUT2D eigenvalue weighted by Gasteiger charge is -2.10. The van der Waals surface area contributed by atoms with E-state index in [1.54, 1.807) is 12.1 Å². The van der Waals surface area contributed by atoms with Crippen molar-refractivity contribution >= 4 is 17.3 Å². The van der Waals surface area contributed by atoms with Crippen molar-refractivity contribution in [3.05, 3.63) is 82.9 Å². The summed E-state index contributed by atoms with van der Waals surface area (Å²) in [6, 6.07) is 17.7. The monoisotopic (exact) mass is 336 g/mol. The molecule has 120 valence electrons. The van der Waals surface area contributed by atoms with Crippen molar-refractivity contribution in [3.8, 4) is 6.07 Å². The number of hydrogen-bond acceptors (Lipinski definition) is 3. The highest BCUT2D eigenvalue weighted by atomic mass is 35.5. The van der Waals surface area contributed by atoms with Crippen LogP contribution in [0, 0.1) is 11.3 Å². The molecule has 3 rings (SSSR count). The van der Waals surface area contributed by atoms with Gasteiger partial charge in [-0.2, -0.15) is 5.26 Å². The summed E-state index contributed by atoms with van der Waals surface area (Å²) in [6.07, 6.45) is 4.58. The first-order valence-electron chi connectivity index (χ1n) is 7.74. The maximum absolute atomic E-state index is 9.17. The van der Waals surface area contributed by atoms with Gasteiger partial charge in [0.15, 0.2) is 0 Å². The van der Waals surface area contributed by atoms with E-state index in [0.717, 1.165) is 24.5 Å². The number of benzene rings is 2. The minimum atomic E-state index is 0.551. The van der Waals surface area contributed by atoms with Gasteiger partial charge in [0.25, 0.3) is 0 Å². The summed E-state index contributed by atoms with van der Waals surface area (Å²) in [4.78, 5) is 4.44. The first-order valence-corrected chi connectivity index (χ1v) is 8.11. The quantitative estimate of drug-likeness (QED) is 0.737. The average molecular weight is 337 g/mol. The lowest BCUT2D eigenvalue weighted by atomic mass is 10.2. The molecule has 0 aliphatic carbocycles. The second kappa shape index (κ2) is 7.67. The third-order valence-electron chi connectivity index (χ3n) is 3.76. The lowest BCUT2D eigenvalue weighted by Crippen LogP contribution is -2.11. The fourth-order valence-electron chi connectivity index (χ4n) is 2.56. The molecule has 0 bridgehead atoms. The minimum absolute atomic E-state index is 0.551. The number of anilines is 1. The topological polar surface area (TPSA) is 53.6 Å². The first-order chi connectivity index (χ1) is 11.8. The second-order valence-corrected chi connectivity index (χ2v) is 5.87. The van der Waals surface area contributed by atoms with E-state index in [9.17, 15) is 0 Å². The fraction of sp³-hybridized carbons (Fsp3) is 0.158. The molecule has 5 heteroatoms. The number of nitriles is 1. The minimum Gasteiger partial charge on any atom is -0.384 e. The first kappa shape index (κ1) is 16.1. The van der Waals surface area contributed by atoms with E-state index in [2.05, 4.69) is 33.1 Å². The van der Waals surface area contributed by atoms with Crippen LogP contribution in [-0.2, 0) is 13.0 Å². The van der Waals surface area contributed by atoms with Gasteiger partial charge in [0.05, 0.1) is 11.3 Å². The molecule has 0 unspecified atom stereocenters. The molecule has 4 nitrogen and oxygen atoms in total. The van der Waals surface area contributed by atoms with E-state index < -0.39 is 0 Å². The average Bonchev–Trinajstić information content (AvgIpc) is 3.04. The molecule has 24 heavy (non-hydrogen) atoms. The highest BCUT2D eigenvalue weighted by Crippen LogP contribution is 2.19. The normalized spacial score (nSPS) is 10.3. The molecule has 1 heterocycles. The molecule has 1 aromatic heterocycles. The summed E-state index contributed by atoms with van der Waals surface area (Å²) in [5, 5.41) is 13.0. The molecular weight excluding hydrogens is 320 g/mol. The van der Waals surface area contributed by atoms with E-state index in [0.29, 0.717) is 17.1 Å². The summed E-state index contributed by atoms with van der Waals surface area (Å²) in [5.41, 5.74) is 2.59. The second-order valence-electron chi connectivity index (χ2n) is 5.44. The number of nitrogens with zero attached hydrogens (tertiary/aromatic N) is 3. The van der Waals surface area contributed by atoms with Gasteiger partial charge in [-0.15, -0.1) is 0 Å². The van der Waals surface area contributed by atoms with E-state index in [1.807, 2.05) is 36.7 Å².